The van der Waals surface area contributed by atoms with Crippen LogP contribution in [0, 0.1) is 10.1 Å². The van der Waals surface area contributed by atoms with Crippen LogP contribution in [0.15, 0.2) is 48.0 Å². The van der Waals surface area contributed by atoms with Gasteiger partial charge in [0.2, 0.25) is 0 Å². The molecule has 0 aliphatic carbocycles. The van der Waals surface area contributed by atoms with Crippen molar-refractivity contribution < 1.29 is 32.4 Å². The number of aromatic nitrogens is 2. The van der Waals surface area contributed by atoms with Gasteiger partial charge in [-0.2, -0.15) is 13.2 Å². The molecule has 0 aliphatic rings. The van der Waals surface area contributed by atoms with Crippen LogP contribution in [-0.4, -0.2) is 32.9 Å². The van der Waals surface area contributed by atoms with Gasteiger partial charge in [-0.25, -0.2) is 4.98 Å². The maximum atomic E-state index is 13.3. The number of esters is 1. The molecule has 0 saturated heterocycles. The number of pyridine rings is 1. The van der Waals surface area contributed by atoms with Crippen molar-refractivity contribution in [2.75, 3.05) is 5.32 Å². The first-order chi connectivity index (χ1) is 15.5. The van der Waals surface area contributed by atoms with Gasteiger partial charge in [0.15, 0.2) is 6.10 Å². The van der Waals surface area contributed by atoms with Gasteiger partial charge in [0.25, 0.3) is 11.6 Å². The van der Waals surface area contributed by atoms with E-state index >= 15 is 0 Å². The van der Waals surface area contributed by atoms with Crippen LogP contribution in [0.25, 0.3) is 10.7 Å². The topological polar surface area (TPSA) is 124 Å². The number of anilines is 1. The zero-order chi connectivity index (χ0) is 24.2. The van der Waals surface area contributed by atoms with Crippen molar-refractivity contribution >= 4 is 34.6 Å². The van der Waals surface area contributed by atoms with Gasteiger partial charge in [-0.05, 0) is 25.1 Å². The quantitative estimate of drug-likeness (QED) is 0.305. The monoisotopic (exact) mass is 480 g/mol. The summed E-state index contributed by atoms with van der Waals surface area (Å²) in [6.07, 6.45) is -5.04. The Bertz CT molecular complexity index is 1180. The number of non-ortho nitro benzene ring substituents is 1. The number of ether oxygens (including phenoxy) is 1. The molecule has 0 bridgehead atoms. The van der Waals surface area contributed by atoms with Crippen molar-refractivity contribution in [2.24, 2.45) is 0 Å². The summed E-state index contributed by atoms with van der Waals surface area (Å²) in [5.74, 6) is -1.84. The van der Waals surface area contributed by atoms with E-state index in [0.29, 0.717) is 22.5 Å². The lowest BCUT2D eigenvalue weighted by Crippen LogP contribution is -2.31. The number of rotatable bonds is 7. The zero-order valence-corrected chi connectivity index (χ0v) is 17.6. The molecule has 33 heavy (non-hydrogen) atoms. The average molecular weight is 480 g/mol. The molecule has 3 rings (SSSR count). The molecule has 1 atom stereocenters. The Morgan fingerprint density at radius 3 is 2.67 bits per heavy atom. The van der Waals surface area contributed by atoms with Crippen molar-refractivity contribution in [1.29, 1.82) is 0 Å². The summed E-state index contributed by atoms with van der Waals surface area (Å²) in [7, 11) is 0. The van der Waals surface area contributed by atoms with Crippen molar-refractivity contribution in [3.8, 4) is 10.7 Å². The largest absolute Gasteiger partial charge is 0.452 e. The van der Waals surface area contributed by atoms with Gasteiger partial charge < -0.3 is 10.1 Å². The number of nitrogens with zero attached hydrogens (tertiary/aromatic N) is 3. The van der Waals surface area contributed by atoms with Gasteiger partial charge in [0.05, 0.1) is 34.0 Å². The van der Waals surface area contributed by atoms with Crippen LogP contribution in [0.2, 0.25) is 0 Å². The molecule has 0 spiro atoms. The van der Waals surface area contributed by atoms with E-state index in [-0.39, 0.29) is 6.42 Å². The lowest BCUT2D eigenvalue weighted by molar-refractivity contribution is -0.385. The van der Waals surface area contributed by atoms with Gasteiger partial charge in [-0.1, -0.05) is 6.07 Å². The number of nitro benzene ring substituents is 1. The Hall–Kier alpha value is -3.87. The maximum absolute atomic E-state index is 13.3. The number of nitro groups is 1. The summed E-state index contributed by atoms with van der Waals surface area (Å²) >= 11 is 1.26. The van der Waals surface area contributed by atoms with E-state index in [1.165, 1.54) is 18.3 Å². The van der Waals surface area contributed by atoms with E-state index in [2.05, 4.69) is 9.97 Å². The molecule has 0 saturated carbocycles. The molecule has 0 aliphatic heterocycles. The van der Waals surface area contributed by atoms with E-state index in [1.807, 2.05) is 5.32 Å². The van der Waals surface area contributed by atoms with Crippen LogP contribution in [0.3, 0.4) is 0 Å². The van der Waals surface area contributed by atoms with Crippen molar-refractivity contribution in [2.45, 2.75) is 25.6 Å². The van der Waals surface area contributed by atoms with Gasteiger partial charge in [0, 0.05) is 23.7 Å². The molecule has 9 nitrogen and oxygen atoms in total. The predicted octanol–water partition coefficient (Wildman–Crippen LogP) is 4.25. The molecule has 172 valence electrons. The second kappa shape index (κ2) is 9.73. The fraction of sp³-hybridized carbons (Fsp3) is 0.200. The maximum Gasteiger partial charge on any atom is 0.418 e. The minimum Gasteiger partial charge on any atom is -0.452 e. The smallest absolute Gasteiger partial charge is 0.418 e. The molecule has 2 aromatic heterocycles. The second-order valence-electron chi connectivity index (χ2n) is 6.64. The van der Waals surface area contributed by atoms with E-state index in [0.717, 1.165) is 12.1 Å². The third kappa shape index (κ3) is 6.10. The highest BCUT2D eigenvalue weighted by atomic mass is 32.1. The van der Waals surface area contributed by atoms with Crippen LogP contribution < -0.4 is 5.32 Å². The van der Waals surface area contributed by atoms with Gasteiger partial charge in [0.1, 0.15) is 5.01 Å². The molecule has 3 aromatic rings. The Balaban J connectivity index is 1.63. The first kappa shape index (κ1) is 23.8. The van der Waals surface area contributed by atoms with Crippen LogP contribution >= 0.6 is 11.3 Å². The molecule has 0 fully saturated rings. The SMILES string of the molecule is CC(OC(=O)Cc1csc(-c2ccccn2)n1)C(=O)Nc1ccc([N+](=O)[O-])cc1C(F)(F)F. The minimum atomic E-state index is -4.95. The van der Waals surface area contributed by atoms with Crippen LogP contribution in [-0.2, 0) is 26.9 Å². The van der Waals surface area contributed by atoms with Crippen LogP contribution in [0.5, 0.6) is 0 Å². The Kier molecular flexibility index (Phi) is 7.01. The molecule has 1 aromatic carbocycles. The fourth-order valence-corrected chi connectivity index (χ4v) is 3.45. The lowest BCUT2D eigenvalue weighted by atomic mass is 10.1. The van der Waals surface area contributed by atoms with E-state index in [4.69, 9.17) is 4.74 Å². The van der Waals surface area contributed by atoms with E-state index < -0.39 is 46.0 Å². The number of carbonyl (C=O) groups is 2. The van der Waals surface area contributed by atoms with Crippen molar-refractivity contribution in [3.05, 3.63) is 69.3 Å². The molecule has 13 heteroatoms. The van der Waals surface area contributed by atoms with Gasteiger partial charge in [-0.15, -0.1) is 11.3 Å². The number of alkyl halides is 3. The number of carbonyl (C=O) groups excluding carboxylic acids is 2. The summed E-state index contributed by atoms with van der Waals surface area (Å²) in [5, 5.41) is 15.0. The van der Waals surface area contributed by atoms with E-state index in [9.17, 15) is 32.9 Å². The predicted molar refractivity (Wildman–Crippen MR) is 111 cm³/mol. The highest BCUT2D eigenvalue weighted by molar-refractivity contribution is 7.13. The first-order valence-electron chi connectivity index (χ1n) is 9.26. The van der Waals surface area contributed by atoms with Crippen molar-refractivity contribution in [1.82, 2.24) is 9.97 Å². The molecular weight excluding hydrogens is 465 g/mol. The third-order valence-corrected chi connectivity index (χ3v) is 5.13. The highest BCUT2D eigenvalue weighted by Crippen LogP contribution is 2.37. The molecule has 1 amide bonds. The second-order valence-corrected chi connectivity index (χ2v) is 7.50. The normalized spacial score (nSPS) is 12.1. The average Bonchev–Trinajstić information content (AvgIpc) is 3.21. The first-order valence-corrected chi connectivity index (χ1v) is 10.1. The highest BCUT2D eigenvalue weighted by Gasteiger charge is 2.36. The van der Waals surface area contributed by atoms with Gasteiger partial charge in [-0.3, -0.25) is 24.7 Å². The molecule has 1 unspecified atom stereocenters. The number of halogens is 3. The summed E-state index contributed by atoms with van der Waals surface area (Å²) in [4.78, 5) is 42.6. The zero-order valence-electron chi connectivity index (χ0n) is 16.8. The number of hydrogen-bond donors (Lipinski definition) is 1. The summed E-state index contributed by atoms with van der Waals surface area (Å²) in [5.41, 5.74) is -1.87. The van der Waals surface area contributed by atoms with Crippen LogP contribution in [0.1, 0.15) is 18.2 Å². The van der Waals surface area contributed by atoms with Crippen molar-refractivity contribution in [3.63, 3.8) is 0 Å². The standard InChI is InChI=1S/C20H15F3N4O5S/c1-11(18(29)26-15-6-5-13(27(30)31)9-14(15)20(21,22)23)32-17(28)8-12-10-33-19(25-12)16-4-2-3-7-24-16/h2-7,9-11H,8H2,1H3,(H,26,29). The summed E-state index contributed by atoms with van der Waals surface area (Å²) in [6, 6.07) is 7.18. The van der Waals surface area contributed by atoms with Gasteiger partial charge >= 0.3 is 12.1 Å². The van der Waals surface area contributed by atoms with E-state index in [1.54, 1.807) is 29.8 Å². The number of thiazole rings is 1. The minimum absolute atomic E-state index is 0.258. The third-order valence-electron chi connectivity index (χ3n) is 4.22. The Morgan fingerprint density at radius 1 is 1.27 bits per heavy atom. The number of hydrogen-bond acceptors (Lipinski definition) is 8. The number of nitrogens with one attached hydrogen (secondary N) is 1. The lowest BCUT2D eigenvalue weighted by Gasteiger charge is -2.16. The molecule has 0 radical (unpaired) electrons. The number of amides is 1. The summed E-state index contributed by atoms with van der Waals surface area (Å²) < 4.78 is 44.8. The fourth-order valence-electron chi connectivity index (χ4n) is 2.66. The summed E-state index contributed by atoms with van der Waals surface area (Å²) in [6.45, 7) is 1.19. The van der Waals surface area contributed by atoms with Crippen LogP contribution in [0.4, 0.5) is 24.5 Å². The number of benzene rings is 1. The Labute approximate surface area is 188 Å². The molecule has 1 N–H and O–H groups in total. The molecule has 2 heterocycles. The molecular formula is C20H15F3N4O5S. The Morgan fingerprint density at radius 2 is 2.03 bits per heavy atom.